The Balaban J connectivity index is 1.99. The fourth-order valence-electron chi connectivity index (χ4n) is 3.57. The number of carbonyl (C=O) groups is 2. The molecule has 142 valence electrons. The van der Waals surface area contributed by atoms with Gasteiger partial charge in [0.2, 0.25) is 5.91 Å². The van der Waals surface area contributed by atoms with Gasteiger partial charge in [0.05, 0.1) is 12.0 Å². The van der Waals surface area contributed by atoms with E-state index in [1.54, 1.807) is 11.9 Å². The van der Waals surface area contributed by atoms with E-state index >= 15 is 0 Å². The van der Waals surface area contributed by atoms with E-state index in [2.05, 4.69) is 5.32 Å². The standard InChI is InChI=1S/C18H27BN2O5/c1-20-16(10-13-6-3-2-4-7-13)17(22)21-11-14(8-5-9-19(25)26)15(12-21)18(23)24/h2-4,6-7,14-16,20,25-26H,5,8-12H2,1H3,(H,23,24). The van der Waals surface area contributed by atoms with Gasteiger partial charge in [0, 0.05) is 13.1 Å². The van der Waals surface area contributed by atoms with Crippen LogP contribution in [-0.4, -0.2) is 65.2 Å². The fraction of sp³-hybridized carbons (Fsp3) is 0.556. The van der Waals surface area contributed by atoms with Crippen LogP contribution in [0.1, 0.15) is 18.4 Å². The smallest absolute Gasteiger partial charge is 0.451 e. The normalized spacial score (nSPS) is 20.8. The fourth-order valence-corrected chi connectivity index (χ4v) is 3.57. The minimum absolute atomic E-state index is 0.0905. The number of likely N-dealkylation sites (N-methyl/N-ethyl adjacent to an activating group) is 1. The number of hydrogen-bond donors (Lipinski definition) is 4. The van der Waals surface area contributed by atoms with Crippen LogP contribution in [0.2, 0.25) is 6.32 Å². The Hall–Kier alpha value is -1.90. The van der Waals surface area contributed by atoms with Crippen molar-refractivity contribution in [2.75, 3.05) is 20.1 Å². The molecule has 0 aromatic heterocycles. The van der Waals surface area contributed by atoms with Crippen molar-refractivity contribution in [3.05, 3.63) is 35.9 Å². The molecule has 1 fully saturated rings. The van der Waals surface area contributed by atoms with Crippen molar-refractivity contribution >= 4 is 19.0 Å². The molecule has 3 unspecified atom stereocenters. The number of aliphatic carboxylic acids is 1. The van der Waals surface area contributed by atoms with Crippen molar-refractivity contribution < 1.29 is 24.7 Å². The lowest BCUT2D eigenvalue weighted by molar-refractivity contribution is -0.142. The molecule has 1 aromatic rings. The minimum atomic E-state index is -1.38. The molecule has 8 heteroatoms. The number of carboxylic acids is 1. The van der Waals surface area contributed by atoms with Gasteiger partial charge in [-0.25, -0.2) is 0 Å². The topological polar surface area (TPSA) is 110 Å². The van der Waals surface area contributed by atoms with Gasteiger partial charge in [-0.05, 0) is 37.7 Å². The minimum Gasteiger partial charge on any atom is -0.481 e. The van der Waals surface area contributed by atoms with E-state index in [4.69, 9.17) is 10.0 Å². The highest BCUT2D eigenvalue weighted by atomic mass is 16.4. The predicted molar refractivity (Wildman–Crippen MR) is 98.4 cm³/mol. The van der Waals surface area contributed by atoms with Crippen molar-refractivity contribution in [3.63, 3.8) is 0 Å². The zero-order valence-electron chi connectivity index (χ0n) is 15.0. The Morgan fingerprint density at radius 2 is 1.96 bits per heavy atom. The molecule has 1 saturated heterocycles. The molecule has 1 heterocycles. The van der Waals surface area contributed by atoms with Crippen LogP contribution in [-0.2, 0) is 16.0 Å². The van der Waals surface area contributed by atoms with Gasteiger partial charge >= 0.3 is 13.1 Å². The molecular formula is C18H27BN2O5. The molecule has 1 aliphatic heterocycles. The molecule has 1 amide bonds. The first-order valence-electron chi connectivity index (χ1n) is 9.01. The maximum Gasteiger partial charge on any atom is 0.451 e. The number of hydrogen-bond acceptors (Lipinski definition) is 5. The SMILES string of the molecule is CNC(Cc1ccccc1)C(=O)N1CC(CCCB(O)O)C(C(=O)O)C1. The first-order valence-corrected chi connectivity index (χ1v) is 9.01. The first kappa shape index (κ1) is 20.4. The van der Waals surface area contributed by atoms with Crippen molar-refractivity contribution in [3.8, 4) is 0 Å². The summed E-state index contributed by atoms with van der Waals surface area (Å²) in [7, 11) is 0.355. The average Bonchev–Trinajstić information content (AvgIpc) is 3.04. The summed E-state index contributed by atoms with van der Waals surface area (Å²) >= 11 is 0. The summed E-state index contributed by atoms with van der Waals surface area (Å²) < 4.78 is 0. The van der Waals surface area contributed by atoms with Gasteiger partial charge in [0.15, 0.2) is 0 Å². The van der Waals surface area contributed by atoms with Crippen LogP contribution >= 0.6 is 0 Å². The lowest BCUT2D eigenvalue weighted by Crippen LogP contribution is -2.46. The van der Waals surface area contributed by atoms with Gasteiger partial charge in [-0.15, -0.1) is 0 Å². The van der Waals surface area contributed by atoms with E-state index in [-0.39, 0.29) is 24.7 Å². The van der Waals surface area contributed by atoms with E-state index in [1.807, 2.05) is 30.3 Å². The quantitative estimate of drug-likeness (QED) is 0.468. The van der Waals surface area contributed by atoms with E-state index in [1.165, 1.54) is 0 Å². The lowest BCUT2D eigenvalue weighted by Gasteiger charge is -2.23. The van der Waals surface area contributed by atoms with Crippen LogP contribution in [0.15, 0.2) is 30.3 Å². The first-order chi connectivity index (χ1) is 12.4. The second-order valence-electron chi connectivity index (χ2n) is 6.89. The Kier molecular flexibility index (Phi) is 7.62. The molecule has 1 aliphatic rings. The zero-order valence-corrected chi connectivity index (χ0v) is 15.0. The Labute approximate surface area is 154 Å². The van der Waals surface area contributed by atoms with Crippen molar-refractivity contribution in [2.24, 2.45) is 11.8 Å². The van der Waals surface area contributed by atoms with Crippen LogP contribution in [0.3, 0.4) is 0 Å². The van der Waals surface area contributed by atoms with Gasteiger partial charge in [0.25, 0.3) is 0 Å². The predicted octanol–water partition coefficient (Wildman–Crippen LogP) is 0.229. The molecule has 4 N–H and O–H groups in total. The second-order valence-corrected chi connectivity index (χ2v) is 6.89. The van der Waals surface area contributed by atoms with Gasteiger partial charge in [-0.1, -0.05) is 36.8 Å². The number of nitrogens with one attached hydrogen (secondary N) is 1. The summed E-state index contributed by atoms with van der Waals surface area (Å²) in [6, 6.07) is 9.30. The number of amides is 1. The molecular weight excluding hydrogens is 335 g/mol. The zero-order chi connectivity index (χ0) is 19.1. The summed E-state index contributed by atoms with van der Waals surface area (Å²) in [6.07, 6.45) is 1.84. The molecule has 0 spiro atoms. The molecule has 0 radical (unpaired) electrons. The number of carbonyl (C=O) groups excluding carboxylic acids is 1. The van der Waals surface area contributed by atoms with Gasteiger partial charge in [0.1, 0.15) is 0 Å². The number of carboxylic acid groups (broad SMARTS) is 1. The number of likely N-dealkylation sites (tertiary alicyclic amines) is 1. The number of benzene rings is 1. The maximum atomic E-state index is 12.9. The third kappa shape index (κ3) is 5.55. The third-order valence-corrected chi connectivity index (χ3v) is 5.04. The number of rotatable bonds is 9. The Bertz CT molecular complexity index is 599. The van der Waals surface area contributed by atoms with Crippen molar-refractivity contribution in [1.29, 1.82) is 0 Å². The Morgan fingerprint density at radius 1 is 1.27 bits per heavy atom. The monoisotopic (exact) mass is 362 g/mol. The summed E-state index contributed by atoms with van der Waals surface area (Å²) in [5.74, 6) is -1.76. The molecule has 2 rings (SSSR count). The maximum absolute atomic E-state index is 12.9. The van der Waals surface area contributed by atoms with Gasteiger partial charge < -0.3 is 25.4 Å². The molecule has 3 atom stereocenters. The van der Waals surface area contributed by atoms with Crippen LogP contribution in [0.25, 0.3) is 0 Å². The van der Waals surface area contributed by atoms with Gasteiger partial charge in [-0.3, -0.25) is 9.59 Å². The molecule has 7 nitrogen and oxygen atoms in total. The molecule has 1 aromatic carbocycles. The van der Waals surface area contributed by atoms with Crippen LogP contribution in [0, 0.1) is 11.8 Å². The summed E-state index contributed by atoms with van der Waals surface area (Å²) in [6.45, 7) is 0.595. The van der Waals surface area contributed by atoms with Crippen LogP contribution in [0.5, 0.6) is 0 Å². The van der Waals surface area contributed by atoms with E-state index in [9.17, 15) is 14.7 Å². The molecule has 26 heavy (non-hydrogen) atoms. The van der Waals surface area contributed by atoms with E-state index in [0.717, 1.165) is 5.56 Å². The summed E-state index contributed by atoms with van der Waals surface area (Å²) in [4.78, 5) is 26.1. The van der Waals surface area contributed by atoms with E-state index in [0.29, 0.717) is 25.8 Å². The highest BCUT2D eigenvalue weighted by Crippen LogP contribution is 2.29. The molecule has 0 bridgehead atoms. The summed E-state index contributed by atoms with van der Waals surface area (Å²) in [5.41, 5.74) is 1.04. The van der Waals surface area contributed by atoms with Crippen LogP contribution in [0.4, 0.5) is 0 Å². The largest absolute Gasteiger partial charge is 0.481 e. The molecule has 0 aliphatic carbocycles. The second kappa shape index (κ2) is 9.71. The van der Waals surface area contributed by atoms with Crippen LogP contribution < -0.4 is 5.32 Å². The van der Waals surface area contributed by atoms with Crippen molar-refractivity contribution in [1.82, 2.24) is 10.2 Å². The molecule has 0 saturated carbocycles. The average molecular weight is 362 g/mol. The third-order valence-electron chi connectivity index (χ3n) is 5.04. The lowest BCUT2D eigenvalue weighted by atomic mass is 9.80. The summed E-state index contributed by atoms with van der Waals surface area (Å²) in [5, 5.41) is 30.4. The number of nitrogens with zero attached hydrogens (tertiary/aromatic N) is 1. The van der Waals surface area contributed by atoms with E-state index < -0.39 is 25.0 Å². The highest BCUT2D eigenvalue weighted by Gasteiger charge is 2.40. The van der Waals surface area contributed by atoms with Gasteiger partial charge in [-0.2, -0.15) is 0 Å². The Morgan fingerprint density at radius 3 is 2.54 bits per heavy atom. The van der Waals surface area contributed by atoms with Crippen molar-refractivity contribution in [2.45, 2.75) is 31.6 Å². The highest BCUT2D eigenvalue weighted by molar-refractivity contribution is 6.40.